The average Bonchev–Trinajstić information content (AvgIpc) is 3.20. The number of carbonyl (C=O) groups is 1. The van der Waals surface area contributed by atoms with Gasteiger partial charge in [-0.15, -0.1) is 0 Å². The highest BCUT2D eigenvalue weighted by Gasteiger charge is 2.10. The molecule has 0 atom stereocenters. The van der Waals surface area contributed by atoms with Crippen LogP contribution < -0.4 is 5.32 Å². The van der Waals surface area contributed by atoms with Crippen LogP contribution in [0.5, 0.6) is 0 Å². The van der Waals surface area contributed by atoms with Gasteiger partial charge in [0.15, 0.2) is 0 Å². The number of nitrogens with one attached hydrogen (secondary N) is 1. The first kappa shape index (κ1) is 18.4. The Morgan fingerprint density at radius 3 is 2.24 bits per heavy atom. The molecule has 1 aromatic heterocycles. The number of amides is 1. The fourth-order valence-corrected chi connectivity index (χ4v) is 2.93. The molecule has 142 valence electrons. The summed E-state index contributed by atoms with van der Waals surface area (Å²) < 4.78 is 14.8. The van der Waals surface area contributed by atoms with Crippen molar-refractivity contribution in [2.24, 2.45) is 0 Å². The number of para-hydroxylation sites is 1. The largest absolute Gasteiger partial charge is 0.323 e. The molecule has 1 N–H and O–H groups in total. The number of carbonyl (C=O) groups excluding carboxylic acids is 1. The summed E-state index contributed by atoms with van der Waals surface area (Å²) in [5.74, 6) is -0.651. The summed E-state index contributed by atoms with van der Waals surface area (Å²) in [6.07, 6.45) is 5.06. The summed E-state index contributed by atoms with van der Waals surface area (Å²) in [6, 6.07) is 25.2. The van der Waals surface area contributed by atoms with Gasteiger partial charge in [0.2, 0.25) is 5.91 Å². The van der Waals surface area contributed by atoms with Gasteiger partial charge in [-0.25, -0.2) is 9.07 Å². The maximum atomic E-state index is 13.0. The zero-order valence-corrected chi connectivity index (χ0v) is 15.5. The molecule has 1 amide bonds. The maximum absolute atomic E-state index is 13.0. The Labute approximate surface area is 167 Å². The minimum Gasteiger partial charge on any atom is -0.323 e. The van der Waals surface area contributed by atoms with Crippen molar-refractivity contribution in [1.82, 2.24) is 9.78 Å². The standard InChI is InChI=1S/C24H18FN3O/c25-20-12-14-21(15-13-20)26-23(29)16-11-19-17-28(22-9-5-2-6-10-22)27-24(19)18-7-3-1-4-8-18/h1-17H,(H,26,29). The van der Waals surface area contributed by atoms with Crippen LogP contribution in [-0.2, 0) is 4.79 Å². The fraction of sp³-hybridized carbons (Fsp3) is 0. The van der Waals surface area contributed by atoms with Gasteiger partial charge in [-0.2, -0.15) is 5.10 Å². The highest BCUT2D eigenvalue weighted by Crippen LogP contribution is 2.24. The van der Waals surface area contributed by atoms with Crippen molar-refractivity contribution in [3.8, 4) is 16.9 Å². The molecule has 5 heteroatoms. The van der Waals surface area contributed by atoms with Gasteiger partial charge in [0.25, 0.3) is 0 Å². The van der Waals surface area contributed by atoms with Crippen LogP contribution in [0.25, 0.3) is 23.0 Å². The molecule has 0 saturated heterocycles. The maximum Gasteiger partial charge on any atom is 0.248 e. The number of hydrogen-bond donors (Lipinski definition) is 1. The van der Waals surface area contributed by atoms with Gasteiger partial charge in [0.05, 0.1) is 11.4 Å². The quantitative estimate of drug-likeness (QED) is 0.474. The number of nitrogens with zero attached hydrogens (tertiary/aromatic N) is 2. The first-order valence-electron chi connectivity index (χ1n) is 9.14. The predicted molar refractivity (Wildman–Crippen MR) is 113 cm³/mol. The third kappa shape index (κ3) is 4.47. The molecule has 0 radical (unpaired) electrons. The van der Waals surface area contributed by atoms with Crippen molar-refractivity contribution < 1.29 is 9.18 Å². The summed E-state index contributed by atoms with van der Waals surface area (Å²) in [5, 5.41) is 7.43. The van der Waals surface area contributed by atoms with E-state index < -0.39 is 0 Å². The summed E-state index contributed by atoms with van der Waals surface area (Å²) in [7, 11) is 0. The lowest BCUT2D eigenvalue weighted by molar-refractivity contribution is -0.111. The second kappa shape index (κ2) is 8.35. The second-order valence-electron chi connectivity index (χ2n) is 6.41. The van der Waals surface area contributed by atoms with Gasteiger partial charge in [-0.1, -0.05) is 48.5 Å². The topological polar surface area (TPSA) is 46.9 Å². The van der Waals surface area contributed by atoms with E-state index in [2.05, 4.69) is 5.32 Å². The molecule has 0 aliphatic rings. The number of benzene rings is 3. The van der Waals surface area contributed by atoms with Crippen LogP contribution in [0, 0.1) is 5.82 Å². The minimum absolute atomic E-state index is 0.303. The van der Waals surface area contributed by atoms with Gasteiger partial charge in [0.1, 0.15) is 5.82 Å². The number of rotatable bonds is 5. The van der Waals surface area contributed by atoms with Gasteiger partial charge in [-0.05, 0) is 42.5 Å². The Balaban J connectivity index is 1.63. The molecule has 29 heavy (non-hydrogen) atoms. The Morgan fingerprint density at radius 2 is 1.55 bits per heavy atom. The van der Waals surface area contributed by atoms with Crippen molar-refractivity contribution in [3.05, 3.63) is 109 Å². The molecule has 0 aliphatic carbocycles. The van der Waals surface area contributed by atoms with E-state index in [1.807, 2.05) is 66.9 Å². The van der Waals surface area contributed by atoms with Crippen LogP contribution in [0.4, 0.5) is 10.1 Å². The Bertz CT molecular complexity index is 1130. The summed E-state index contributed by atoms with van der Waals surface area (Å²) in [6.45, 7) is 0. The Kier molecular flexibility index (Phi) is 5.29. The van der Waals surface area contributed by atoms with E-state index in [4.69, 9.17) is 5.10 Å². The smallest absolute Gasteiger partial charge is 0.248 e. The number of anilines is 1. The van der Waals surface area contributed by atoms with Crippen LogP contribution in [-0.4, -0.2) is 15.7 Å². The highest BCUT2D eigenvalue weighted by atomic mass is 19.1. The lowest BCUT2D eigenvalue weighted by Crippen LogP contribution is -2.07. The summed E-state index contributed by atoms with van der Waals surface area (Å²) in [4.78, 5) is 12.3. The van der Waals surface area contributed by atoms with Crippen LogP contribution in [0.1, 0.15) is 5.56 Å². The van der Waals surface area contributed by atoms with Crippen molar-refractivity contribution in [2.75, 3.05) is 5.32 Å². The first-order valence-corrected chi connectivity index (χ1v) is 9.14. The molecule has 4 nitrogen and oxygen atoms in total. The Morgan fingerprint density at radius 1 is 0.897 bits per heavy atom. The Hall–Kier alpha value is -3.99. The molecule has 4 rings (SSSR count). The van der Waals surface area contributed by atoms with Gasteiger partial charge in [-0.3, -0.25) is 4.79 Å². The molecule has 1 heterocycles. The van der Waals surface area contributed by atoms with Crippen LogP contribution >= 0.6 is 0 Å². The van der Waals surface area contributed by atoms with Crippen molar-refractivity contribution in [2.45, 2.75) is 0 Å². The van der Waals surface area contributed by atoms with Crippen LogP contribution in [0.3, 0.4) is 0 Å². The number of halogens is 1. The molecule has 0 fully saturated rings. The number of aromatic nitrogens is 2. The van der Waals surface area contributed by atoms with E-state index in [9.17, 15) is 9.18 Å². The molecular formula is C24H18FN3O. The van der Waals surface area contributed by atoms with E-state index in [-0.39, 0.29) is 11.7 Å². The zero-order chi connectivity index (χ0) is 20.1. The normalized spacial score (nSPS) is 10.9. The highest BCUT2D eigenvalue weighted by molar-refractivity contribution is 6.02. The van der Waals surface area contributed by atoms with Gasteiger partial charge in [0, 0.05) is 29.1 Å². The monoisotopic (exact) mass is 383 g/mol. The fourth-order valence-electron chi connectivity index (χ4n) is 2.93. The van der Waals surface area contributed by atoms with Crippen molar-refractivity contribution >= 4 is 17.7 Å². The summed E-state index contributed by atoms with van der Waals surface area (Å²) >= 11 is 0. The van der Waals surface area contributed by atoms with E-state index in [1.165, 1.54) is 30.3 Å². The molecule has 0 spiro atoms. The van der Waals surface area contributed by atoms with Gasteiger partial charge < -0.3 is 5.32 Å². The SMILES string of the molecule is O=C(C=Cc1cn(-c2ccccc2)nc1-c1ccccc1)Nc1ccc(F)cc1. The third-order valence-electron chi connectivity index (χ3n) is 4.34. The van der Waals surface area contributed by atoms with Crippen LogP contribution in [0.2, 0.25) is 0 Å². The average molecular weight is 383 g/mol. The summed E-state index contributed by atoms with van der Waals surface area (Å²) in [5.41, 5.74) is 4.01. The molecule has 0 unspecified atom stereocenters. The molecule has 0 aliphatic heterocycles. The first-order chi connectivity index (χ1) is 14.2. The van der Waals surface area contributed by atoms with Crippen molar-refractivity contribution in [3.63, 3.8) is 0 Å². The third-order valence-corrected chi connectivity index (χ3v) is 4.34. The molecular weight excluding hydrogens is 365 g/mol. The zero-order valence-electron chi connectivity index (χ0n) is 15.5. The van der Waals surface area contributed by atoms with Crippen molar-refractivity contribution in [1.29, 1.82) is 0 Å². The van der Waals surface area contributed by atoms with E-state index in [0.717, 1.165) is 22.5 Å². The molecule has 3 aromatic carbocycles. The lowest BCUT2D eigenvalue weighted by atomic mass is 10.1. The van der Waals surface area contributed by atoms with Crippen LogP contribution in [0.15, 0.2) is 97.2 Å². The molecule has 4 aromatic rings. The van der Waals surface area contributed by atoms with E-state index in [1.54, 1.807) is 10.8 Å². The molecule has 0 bridgehead atoms. The lowest BCUT2D eigenvalue weighted by Gasteiger charge is -2.01. The van der Waals surface area contributed by atoms with E-state index >= 15 is 0 Å². The second-order valence-corrected chi connectivity index (χ2v) is 6.41. The minimum atomic E-state index is -0.348. The number of hydrogen-bond acceptors (Lipinski definition) is 2. The predicted octanol–water partition coefficient (Wildman–Crippen LogP) is 5.33. The molecule has 0 saturated carbocycles. The van der Waals surface area contributed by atoms with E-state index in [0.29, 0.717) is 5.69 Å². The van der Waals surface area contributed by atoms with Gasteiger partial charge >= 0.3 is 0 Å².